The Labute approximate surface area is 107 Å². The Morgan fingerprint density at radius 2 is 1.84 bits per heavy atom. The Morgan fingerprint density at radius 3 is 2.21 bits per heavy atom. The Hall–Kier alpha value is -1.80. The van der Waals surface area contributed by atoms with Crippen LogP contribution in [0.1, 0.15) is 19.7 Å². The van der Waals surface area contributed by atoms with Crippen LogP contribution in [0.2, 0.25) is 0 Å². The van der Waals surface area contributed by atoms with Gasteiger partial charge in [-0.25, -0.2) is 9.48 Å². The van der Waals surface area contributed by atoms with Crippen LogP contribution in [0.4, 0.5) is 13.2 Å². The van der Waals surface area contributed by atoms with Gasteiger partial charge in [0.15, 0.2) is 0 Å². The van der Waals surface area contributed by atoms with E-state index in [1.54, 1.807) is 13.8 Å². The summed E-state index contributed by atoms with van der Waals surface area (Å²) in [5.41, 5.74) is -0.965. The van der Waals surface area contributed by atoms with E-state index in [0.717, 1.165) is 7.05 Å². The third kappa shape index (κ3) is 3.15. The molecule has 0 saturated carbocycles. The van der Waals surface area contributed by atoms with Gasteiger partial charge < -0.3 is 4.90 Å². The van der Waals surface area contributed by atoms with Crippen LogP contribution < -0.4 is 5.69 Å². The Balaban J connectivity index is 3.04. The van der Waals surface area contributed by atoms with Crippen molar-refractivity contribution in [2.45, 2.75) is 26.6 Å². The van der Waals surface area contributed by atoms with Crippen LogP contribution in [0.15, 0.2) is 4.79 Å². The van der Waals surface area contributed by atoms with Crippen LogP contribution in [0.25, 0.3) is 0 Å². The van der Waals surface area contributed by atoms with E-state index in [1.165, 1.54) is 4.90 Å². The highest BCUT2D eigenvalue weighted by Crippen LogP contribution is 2.25. The van der Waals surface area contributed by atoms with Gasteiger partial charge in [-0.15, -0.1) is 5.10 Å². The van der Waals surface area contributed by atoms with Crippen molar-refractivity contribution in [2.24, 2.45) is 7.05 Å². The van der Waals surface area contributed by atoms with Crippen LogP contribution in [-0.4, -0.2) is 38.2 Å². The Morgan fingerprint density at radius 1 is 1.32 bits per heavy atom. The molecule has 0 fully saturated rings. The molecule has 0 aliphatic carbocycles. The van der Waals surface area contributed by atoms with Crippen LogP contribution in [-0.2, 0) is 24.6 Å². The summed E-state index contributed by atoms with van der Waals surface area (Å²) in [6.45, 7) is 3.82. The van der Waals surface area contributed by atoms with E-state index < -0.39 is 30.1 Å². The first-order chi connectivity index (χ1) is 8.72. The summed E-state index contributed by atoms with van der Waals surface area (Å²) in [6, 6.07) is 0. The van der Waals surface area contributed by atoms with Gasteiger partial charge in [-0.1, -0.05) is 0 Å². The topological polar surface area (TPSA) is 60.1 Å². The van der Waals surface area contributed by atoms with E-state index in [1.807, 2.05) is 0 Å². The molecule has 0 aliphatic heterocycles. The molecular formula is C10H15F3N4O2. The van der Waals surface area contributed by atoms with Gasteiger partial charge in [0.05, 0.1) is 0 Å². The van der Waals surface area contributed by atoms with Crippen molar-refractivity contribution in [2.75, 3.05) is 13.1 Å². The number of amides is 1. The number of halogens is 3. The lowest BCUT2D eigenvalue weighted by atomic mass is 10.4. The maximum atomic E-state index is 12.5. The van der Waals surface area contributed by atoms with E-state index in [4.69, 9.17) is 0 Å². The van der Waals surface area contributed by atoms with E-state index in [-0.39, 0.29) is 0 Å². The molecule has 0 bridgehead atoms. The minimum absolute atomic E-state index is 0.384. The van der Waals surface area contributed by atoms with Crippen molar-refractivity contribution in [3.05, 3.63) is 16.3 Å². The SMILES string of the molecule is CCN(CC)C(=O)Cn1nc(C(F)(F)F)n(C)c1=O. The minimum atomic E-state index is -4.72. The molecule has 0 saturated heterocycles. The third-order valence-electron chi connectivity index (χ3n) is 2.70. The summed E-state index contributed by atoms with van der Waals surface area (Å²) in [7, 11) is 0.969. The zero-order valence-electron chi connectivity index (χ0n) is 10.9. The molecule has 1 aromatic heterocycles. The summed E-state index contributed by atoms with van der Waals surface area (Å²) in [6.07, 6.45) is -4.72. The number of rotatable bonds is 4. The van der Waals surface area contributed by atoms with E-state index in [9.17, 15) is 22.8 Å². The number of likely N-dealkylation sites (N-methyl/N-ethyl adjacent to an activating group) is 1. The van der Waals surface area contributed by atoms with E-state index in [0.29, 0.717) is 22.3 Å². The molecule has 1 amide bonds. The maximum absolute atomic E-state index is 12.5. The number of hydrogen-bond acceptors (Lipinski definition) is 3. The number of carbonyl (C=O) groups excluding carboxylic acids is 1. The van der Waals surface area contributed by atoms with Gasteiger partial charge in [-0.05, 0) is 13.8 Å². The first kappa shape index (κ1) is 15.3. The average Bonchev–Trinajstić information content (AvgIpc) is 2.58. The molecule has 0 aromatic carbocycles. The van der Waals surface area contributed by atoms with Gasteiger partial charge >= 0.3 is 11.9 Å². The summed E-state index contributed by atoms with van der Waals surface area (Å²) in [5.74, 6) is -1.76. The number of hydrogen-bond donors (Lipinski definition) is 0. The van der Waals surface area contributed by atoms with Crippen LogP contribution >= 0.6 is 0 Å². The highest BCUT2D eigenvalue weighted by molar-refractivity contribution is 5.75. The number of aromatic nitrogens is 3. The predicted octanol–water partition coefficient (Wildman–Crippen LogP) is 0.469. The molecule has 0 N–H and O–H groups in total. The number of alkyl halides is 3. The van der Waals surface area contributed by atoms with Crippen molar-refractivity contribution < 1.29 is 18.0 Å². The zero-order valence-corrected chi connectivity index (χ0v) is 10.9. The highest BCUT2D eigenvalue weighted by Gasteiger charge is 2.38. The first-order valence-corrected chi connectivity index (χ1v) is 5.71. The Bertz CT molecular complexity index is 514. The van der Waals surface area contributed by atoms with Crippen LogP contribution in [0.3, 0.4) is 0 Å². The fourth-order valence-corrected chi connectivity index (χ4v) is 1.64. The van der Waals surface area contributed by atoms with Gasteiger partial charge in [-0.2, -0.15) is 13.2 Å². The molecule has 6 nitrogen and oxygen atoms in total. The first-order valence-electron chi connectivity index (χ1n) is 5.71. The number of nitrogens with zero attached hydrogens (tertiary/aromatic N) is 4. The molecule has 0 radical (unpaired) electrons. The normalized spacial score (nSPS) is 11.7. The molecule has 0 unspecified atom stereocenters. The molecular weight excluding hydrogens is 265 g/mol. The molecule has 0 spiro atoms. The third-order valence-corrected chi connectivity index (χ3v) is 2.70. The maximum Gasteiger partial charge on any atom is 0.451 e. The predicted molar refractivity (Wildman–Crippen MR) is 60.4 cm³/mol. The van der Waals surface area contributed by atoms with Crippen molar-refractivity contribution in [3.8, 4) is 0 Å². The van der Waals surface area contributed by atoms with Gasteiger partial charge in [0.25, 0.3) is 0 Å². The molecule has 0 aliphatic rings. The fraction of sp³-hybridized carbons (Fsp3) is 0.700. The molecule has 1 heterocycles. The van der Waals surface area contributed by atoms with Crippen molar-refractivity contribution in [3.63, 3.8) is 0 Å². The molecule has 1 rings (SSSR count). The van der Waals surface area contributed by atoms with Crippen molar-refractivity contribution in [1.29, 1.82) is 0 Å². The Kier molecular flexibility index (Phi) is 4.38. The van der Waals surface area contributed by atoms with Crippen molar-refractivity contribution in [1.82, 2.24) is 19.2 Å². The highest BCUT2D eigenvalue weighted by atomic mass is 19.4. The monoisotopic (exact) mass is 280 g/mol. The van der Waals surface area contributed by atoms with Gasteiger partial charge in [-0.3, -0.25) is 9.36 Å². The van der Waals surface area contributed by atoms with E-state index >= 15 is 0 Å². The quantitative estimate of drug-likeness (QED) is 0.805. The average molecular weight is 280 g/mol. The standard InChI is InChI=1S/C10H15F3N4O2/c1-4-16(5-2)7(18)6-17-9(19)15(3)8(14-17)10(11,12)13/h4-6H2,1-3H3. The molecule has 19 heavy (non-hydrogen) atoms. The lowest BCUT2D eigenvalue weighted by Gasteiger charge is -2.17. The number of carbonyl (C=O) groups is 1. The second-order valence-corrected chi connectivity index (χ2v) is 3.89. The smallest absolute Gasteiger partial charge is 0.342 e. The van der Waals surface area contributed by atoms with Gasteiger partial charge in [0, 0.05) is 20.1 Å². The second-order valence-electron chi connectivity index (χ2n) is 3.89. The van der Waals surface area contributed by atoms with Gasteiger partial charge in [0.1, 0.15) is 6.54 Å². The lowest BCUT2D eigenvalue weighted by molar-refractivity contribution is -0.147. The largest absolute Gasteiger partial charge is 0.451 e. The molecule has 1 aromatic rings. The van der Waals surface area contributed by atoms with Crippen molar-refractivity contribution >= 4 is 5.91 Å². The molecule has 9 heteroatoms. The van der Waals surface area contributed by atoms with Crippen LogP contribution in [0, 0.1) is 0 Å². The van der Waals surface area contributed by atoms with Crippen LogP contribution in [0.5, 0.6) is 0 Å². The molecule has 108 valence electrons. The second kappa shape index (κ2) is 5.45. The summed E-state index contributed by atoms with van der Waals surface area (Å²) >= 11 is 0. The lowest BCUT2D eigenvalue weighted by Crippen LogP contribution is -2.36. The fourth-order valence-electron chi connectivity index (χ4n) is 1.64. The summed E-state index contributed by atoms with van der Waals surface area (Å²) in [4.78, 5) is 24.7. The minimum Gasteiger partial charge on any atom is -0.342 e. The summed E-state index contributed by atoms with van der Waals surface area (Å²) < 4.78 is 38.5. The molecule has 0 atom stereocenters. The van der Waals surface area contributed by atoms with Gasteiger partial charge in [0.2, 0.25) is 11.7 Å². The zero-order chi connectivity index (χ0) is 14.8. The van der Waals surface area contributed by atoms with E-state index in [2.05, 4.69) is 5.10 Å². The summed E-state index contributed by atoms with van der Waals surface area (Å²) in [5, 5.41) is 3.17.